The molecule has 4 aliphatic carbocycles. The van der Waals surface area contributed by atoms with Crippen molar-refractivity contribution in [3.8, 4) is 0 Å². The Morgan fingerprint density at radius 1 is 1.34 bits per heavy atom. The van der Waals surface area contributed by atoms with Crippen molar-refractivity contribution in [2.45, 2.75) is 70.4 Å². The van der Waals surface area contributed by atoms with Crippen LogP contribution in [0, 0.1) is 42.1 Å². The first kappa shape index (κ1) is 31.2. The molecule has 3 saturated carbocycles. The average molecular weight is 602 g/mol. The third-order valence-corrected chi connectivity index (χ3v) is 9.86. The zero-order valence-corrected chi connectivity index (χ0v) is 25.4. The zero-order valence-electron chi connectivity index (χ0n) is 22.5. The number of hydrogen-bond acceptors (Lipinski definition) is 7. The van der Waals surface area contributed by atoms with E-state index in [-0.39, 0.29) is 59.1 Å². The van der Waals surface area contributed by atoms with E-state index < -0.39 is 52.4 Å². The van der Waals surface area contributed by atoms with Gasteiger partial charge in [-0.1, -0.05) is 36.8 Å². The molecular formula is C29H37FN2O5Y-2. The Morgan fingerprint density at radius 2 is 2.08 bits per heavy atom. The molecule has 7 nitrogen and oxygen atoms in total. The summed E-state index contributed by atoms with van der Waals surface area (Å²) in [5, 5.41) is 36.8. The Bertz CT molecular complexity index is 1150. The molecule has 0 unspecified atom stereocenters. The predicted octanol–water partition coefficient (Wildman–Crippen LogP) is 3.54. The van der Waals surface area contributed by atoms with Gasteiger partial charge in [-0.25, -0.2) is 16.5 Å². The number of halogens is 1. The number of carbonyl (C=O) groups excluding carboxylic acids is 1. The van der Waals surface area contributed by atoms with Crippen molar-refractivity contribution in [1.82, 2.24) is 4.98 Å². The number of carbonyl (C=O) groups is 1. The summed E-state index contributed by atoms with van der Waals surface area (Å²) in [6, 6.07) is 4.65. The van der Waals surface area contributed by atoms with Crippen molar-refractivity contribution in [1.29, 1.82) is 0 Å². The molecule has 38 heavy (non-hydrogen) atoms. The molecule has 9 heteroatoms. The van der Waals surface area contributed by atoms with E-state index in [9.17, 15) is 20.1 Å². The molecule has 0 spiro atoms. The van der Waals surface area contributed by atoms with Gasteiger partial charge in [0.25, 0.3) is 0 Å². The summed E-state index contributed by atoms with van der Waals surface area (Å²) in [6.07, 6.45) is 8.70. The SMILES string of the molecule is C[C@@H]1C[C@H]2[C@@H]3CCC4=C/C(=N/OCc5c[c-]cnc5)C=C[C@]4(C)[C@@]3(F)[C@@H](O)C[C@]2(C)[C@@]1(O)C(=O)CO.[CH3-].[Y]. The molecule has 5 rings (SSSR count). The molecule has 4 aliphatic rings. The van der Waals surface area contributed by atoms with Crippen LogP contribution < -0.4 is 0 Å². The van der Waals surface area contributed by atoms with Crippen LogP contribution in [0.25, 0.3) is 0 Å². The van der Waals surface area contributed by atoms with Gasteiger partial charge in [0.05, 0.1) is 12.7 Å². The first-order chi connectivity index (χ1) is 17.0. The van der Waals surface area contributed by atoms with Crippen molar-refractivity contribution in [3.63, 3.8) is 0 Å². The van der Waals surface area contributed by atoms with Crippen LogP contribution in [-0.4, -0.2) is 55.8 Å². The van der Waals surface area contributed by atoms with E-state index in [0.29, 0.717) is 25.0 Å². The van der Waals surface area contributed by atoms with Gasteiger partial charge in [-0.2, -0.15) is 0 Å². The molecule has 3 fully saturated rings. The van der Waals surface area contributed by atoms with Crippen LogP contribution in [0.1, 0.15) is 52.0 Å². The minimum atomic E-state index is -1.97. The largest absolute Gasteiger partial charge is 0.409 e. The summed E-state index contributed by atoms with van der Waals surface area (Å²) < 4.78 is 17.4. The summed E-state index contributed by atoms with van der Waals surface area (Å²) in [6.45, 7) is 4.85. The number of hydrogen-bond donors (Lipinski definition) is 3. The van der Waals surface area contributed by atoms with E-state index in [2.05, 4.69) is 16.2 Å². The smallest absolute Gasteiger partial charge is 0.190 e. The molecule has 8 atom stereocenters. The maximum absolute atomic E-state index is 17.4. The molecule has 0 amide bonds. The Balaban J connectivity index is 0.00000200. The van der Waals surface area contributed by atoms with Gasteiger partial charge in [0.15, 0.2) is 11.5 Å². The maximum atomic E-state index is 17.4. The minimum Gasteiger partial charge on any atom is -0.409 e. The Hall–Kier alpha value is -1.32. The van der Waals surface area contributed by atoms with Crippen molar-refractivity contribution in [3.05, 3.63) is 61.3 Å². The maximum Gasteiger partial charge on any atom is 0.190 e. The van der Waals surface area contributed by atoms with Gasteiger partial charge < -0.3 is 32.6 Å². The molecule has 205 valence electrons. The molecule has 0 bridgehead atoms. The number of alkyl halides is 1. The van der Waals surface area contributed by atoms with E-state index in [0.717, 1.165) is 11.1 Å². The second-order valence-electron chi connectivity index (χ2n) is 11.4. The summed E-state index contributed by atoms with van der Waals surface area (Å²) in [5.74, 6) is -1.94. The van der Waals surface area contributed by atoms with Crippen LogP contribution in [0.5, 0.6) is 0 Å². The van der Waals surface area contributed by atoms with Crippen LogP contribution in [-0.2, 0) is 48.9 Å². The van der Waals surface area contributed by atoms with Gasteiger partial charge in [0.1, 0.15) is 17.9 Å². The molecule has 0 aliphatic heterocycles. The summed E-state index contributed by atoms with van der Waals surface area (Å²) >= 11 is 0. The molecule has 1 heterocycles. The van der Waals surface area contributed by atoms with Gasteiger partial charge >= 0.3 is 0 Å². The number of aliphatic hydroxyl groups excluding tert-OH is 2. The van der Waals surface area contributed by atoms with E-state index in [1.54, 1.807) is 44.5 Å². The Labute approximate surface area is 249 Å². The molecule has 0 aromatic carbocycles. The third-order valence-electron chi connectivity index (χ3n) is 9.86. The third kappa shape index (κ3) is 4.21. The summed E-state index contributed by atoms with van der Waals surface area (Å²) in [5.41, 5.74) is -3.59. The van der Waals surface area contributed by atoms with Crippen molar-refractivity contribution in [2.24, 2.45) is 33.7 Å². The number of allylic oxidation sites excluding steroid dienone is 4. The van der Waals surface area contributed by atoms with Crippen molar-refractivity contribution in [2.75, 3.05) is 6.61 Å². The van der Waals surface area contributed by atoms with Crippen LogP contribution in [0.4, 0.5) is 4.39 Å². The number of aromatic nitrogens is 1. The van der Waals surface area contributed by atoms with Gasteiger partial charge in [-0.15, -0.1) is 5.56 Å². The van der Waals surface area contributed by atoms with Crippen LogP contribution in [0.2, 0.25) is 0 Å². The predicted molar refractivity (Wildman–Crippen MR) is 137 cm³/mol. The molecular weight excluding hydrogens is 564 g/mol. The zero-order chi connectivity index (χ0) is 25.9. The van der Waals surface area contributed by atoms with E-state index in [4.69, 9.17) is 4.84 Å². The Morgan fingerprint density at radius 3 is 2.74 bits per heavy atom. The first-order valence-electron chi connectivity index (χ1n) is 12.7. The fraction of sp³-hybridized carbons (Fsp3) is 0.586. The number of ketones is 1. The summed E-state index contributed by atoms with van der Waals surface area (Å²) in [7, 11) is 0. The molecule has 0 saturated heterocycles. The number of pyridine rings is 1. The standard InChI is InChI=1S/C28H34FN2O5.CH3.Y/c1-17-11-22-21-7-6-19-12-20(31-36-16-18-5-4-10-30-14-18)8-9-25(19,2)27(21,29)23(33)13-26(22,3)28(17,35)24(34)15-32;;/h5,8-10,12,14,17,21-23,32-33,35H,6-7,11,13,15-16H2,1-3H3;1H3;/q2*-1;/b31-20+;;/t17-,21+,22+,23+,25+,26+,27+,28+;;/m1../s1. The Kier molecular flexibility index (Phi) is 8.97. The van der Waals surface area contributed by atoms with Gasteiger partial charge in [0.2, 0.25) is 0 Å². The molecule has 1 aromatic rings. The first-order valence-corrected chi connectivity index (χ1v) is 12.7. The number of fused-ring (bicyclic) bond motifs is 5. The number of Topliss-reactive ketones (excluding diaryl/α,β-unsaturated/α-hetero) is 1. The molecule has 1 radical (unpaired) electrons. The van der Waals surface area contributed by atoms with Crippen LogP contribution >= 0.6 is 0 Å². The van der Waals surface area contributed by atoms with Gasteiger partial charge in [0, 0.05) is 49.5 Å². The number of oxime groups is 1. The quantitative estimate of drug-likeness (QED) is 0.352. The fourth-order valence-corrected chi connectivity index (χ4v) is 7.95. The van der Waals surface area contributed by atoms with Crippen LogP contribution in [0.15, 0.2) is 47.4 Å². The minimum absolute atomic E-state index is 0. The molecule has 1 aromatic heterocycles. The van der Waals surface area contributed by atoms with E-state index >= 15 is 4.39 Å². The van der Waals surface area contributed by atoms with E-state index in [1.165, 1.54) is 0 Å². The van der Waals surface area contributed by atoms with Crippen molar-refractivity contribution >= 4 is 11.5 Å². The van der Waals surface area contributed by atoms with E-state index in [1.807, 2.05) is 13.0 Å². The fourth-order valence-electron chi connectivity index (χ4n) is 7.95. The van der Waals surface area contributed by atoms with Crippen molar-refractivity contribution < 1.29 is 62.1 Å². The normalized spacial score (nSPS) is 42.1. The topological polar surface area (TPSA) is 112 Å². The van der Waals surface area contributed by atoms with Gasteiger partial charge in [-0.05, 0) is 62.8 Å². The van der Waals surface area contributed by atoms with Gasteiger partial charge in [-0.3, -0.25) is 4.79 Å². The molecule has 3 N–H and O–H groups in total. The number of aliphatic hydroxyl groups is 3. The number of rotatable bonds is 5. The second kappa shape index (κ2) is 10.9. The average Bonchev–Trinajstić information content (AvgIpc) is 3.06. The monoisotopic (exact) mass is 601 g/mol. The van der Waals surface area contributed by atoms with Crippen LogP contribution in [0.3, 0.4) is 0 Å². The number of nitrogens with zero attached hydrogens (tertiary/aromatic N) is 2. The second-order valence-corrected chi connectivity index (χ2v) is 11.4. The summed E-state index contributed by atoms with van der Waals surface area (Å²) in [4.78, 5) is 22.2.